The van der Waals surface area contributed by atoms with Crippen LogP contribution in [0.1, 0.15) is 53.2 Å². The Labute approximate surface area is 192 Å². The van der Waals surface area contributed by atoms with Crippen LogP contribution >= 0.6 is 0 Å². The van der Waals surface area contributed by atoms with Crippen molar-refractivity contribution < 1.29 is 23.5 Å². The van der Waals surface area contributed by atoms with Gasteiger partial charge in [0.25, 0.3) is 11.8 Å². The number of hydrogen-bond donors (Lipinski definition) is 2. The van der Waals surface area contributed by atoms with Crippen LogP contribution in [0, 0.1) is 5.82 Å². The lowest BCUT2D eigenvalue weighted by Gasteiger charge is -2.43. The smallest absolute Gasteiger partial charge is 0.273 e. The van der Waals surface area contributed by atoms with Gasteiger partial charge in [-0.3, -0.25) is 14.4 Å². The second-order valence-electron chi connectivity index (χ2n) is 8.21. The minimum Gasteiger partial charge on any atom is -0.385 e. The summed E-state index contributed by atoms with van der Waals surface area (Å²) >= 11 is 0. The number of aromatic nitrogens is 2. The summed E-state index contributed by atoms with van der Waals surface area (Å²) in [5.41, 5.74) is -0.204. The fourth-order valence-electron chi connectivity index (χ4n) is 3.90. The van der Waals surface area contributed by atoms with Gasteiger partial charge in [-0.05, 0) is 37.5 Å². The normalized spacial score (nSPS) is 17.6. The molecule has 178 valence electrons. The van der Waals surface area contributed by atoms with Gasteiger partial charge in [0.2, 0.25) is 5.91 Å². The molecule has 9 nitrogen and oxygen atoms in total. The molecule has 0 saturated heterocycles. The molecule has 0 fully saturated rings. The zero-order valence-electron chi connectivity index (χ0n) is 19.2. The van der Waals surface area contributed by atoms with Crippen LogP contribution in [0.2, 0.25) is 0 Å². The van der Waals surface area contributed by atoms with E-state index in [-0.39, 0.29) is 36.2 Å². The van der Waals surface area contributed by atoms with Crippen molar-refractivity contribution in [3.05, 3.63) is 53.4 Å². The molecule has 1 aromatic carbocycles. The molecule has 1 atom stereocenters. The number of fused-ring (bicyclic) bond motifs is 1. The van der Waals surface area contributed by atoms with Gasteiger partial charge in [-0.25, -0.2) is 9.37 Å². The van der Waals surface area contributed by atoms with Gasteiger partial charge in [-0.2, -0.15) is 0 Å². The molecular weight excluding hydrogens is 429 g/mol. The number of halogens is 1. The average molecular weight is 460 g/mol. The Morgan fingerprint density at radius 1 is 1.24 bits per heavy atom. The van der Waals surface area contributed by atoms with Crippen LogP contribution in [0.15, 0.2) is 30.6 Å². The van der Waals surface area contributed by atoms with Crippen molar-refractivity contribution in [3.8, 4) is 0 Å². The maximum absolute atomic E-state index is 13.4. The lowest BCUT2D eigenvalue weighted by Crippen LogP contribution is -2.64. The van der Waals surface area contributed by atoms with Gasteiger partial charge in [0.05, 0.1) is 12.9 Å². The number of nitrogens with one attached hydrogen (secondary N) is 2. The molecule has 33 heavy (non-hydrogen) atoms. The number of methoxy groups -OCH3 is 1. The standard InChI is InChI=1S/C23H30FN5O4/c1-4-11-29-21(31)19-18(20(30)25-10-5-12-33-3)27-15-28(19)14-23(29,2)22(32)26-13-16-6-8-17(24)9-7-16/h6-9,15H,4-5,10-14H2,1-3H3,(H,25,30)(H,26,32). The number of imidazole rings is 1. The van der Waals surface area contributed by atoms with E-state index in [4.69, 9.17) is 4.74 Å². The lowest BCUT2D eigenvalue weighted by molar-refractivity contribution is -0.133. The number of hydrogen-bond acceptors (Lipinski definition) is 5. The summed E-state index contributed by atoms with van der Waals surface area (Å²) in [6.45, 7) is 5.24. The highest BCUT2D eigenvalue weighted by molar-refractivity contribution is 6.07. The van der Waals surface area contributed by atoms with Crippen molar-refractivity contribution >= 4 is 17.7 Å². The third kappa shape index (κ3) is 5.22. The Hall–Kier alpha value is -3.27. The Morgan fingerprint density at radius 2 is 1.97 bits per heavy atom. The first-order valence-corrected chi connectivity index (χ1v) is 11.0. The van der Waals surface area contributed by atoms with Crippen LogP contribution in [-0.2, 0) is 22.6 Å². The van der Waals surface area contributed by atoms with Crippen molar-refractivity contribution in [2.24, 2.45) is 0 Å². The zero-order valence-corrected chi connectivity index (χ0v) is 19.2. The van der Waals surface area contributed by atoms with E-state index in [2.05, 4.69) is 15.6 Å². The number of carbonyl (C=O) groups excluding carboxylic acids is 3. The van der Waals surface area contributed by atoms with Gasteiger partial charge in [0, 0.05) is 33.4 Å². The highest BCUT2D eigenvalue weighted by atomic mass is 19.1. The monoisotopic (exact) mass is 459 g/mol. The van der Waals surface area contributed by atoms with Crippen molar-refractivity contribution in [1.29, 1.82) is 0 Å². The number of nitrogens with zero attached hydrogens (tertiary/aromatic N) is 3. The van der Waals surface area contributed by atoms with Crippen LogP contribution in [0.25, 0.3) is 0 Å². The molecule has 0 saturated carbocycles. The van der Waals surface area contributed by atoms with Crippen molar-refractivity contribution in [3.63, 3.8) is 0 Å². The summed E-state index contributed by atoms with van der Waals surface area (Å²) < 4.78 is 19.7. The number of carbonyl (C=O) groups is 3. The number of ether oxygens (including phenoxy) is 1. The summed E-state index contributed by atoms with van der Waals surface area (Å²) in [6, 6.07) is 5.85. The fraction of sp³-hybridized carbons (Fsp3) is 0.478. The van der Waals surface area contributed by atoms with Crippen LogP contribution in [0.5, 0.6) is 0 Å². The van der Waals surface area contributed by atoms with E-state index < -0.39 is 17.4 Å². The Morgan fingerprint density at radius 3 is 2.64 bits per heavy atom. The molecule has 1 aliphatic heterocycles. The average Bonchev–Trinajstić information content (AvgIpc) is 3.22. The van der Waals surface area contributed by atoms with Crippen molar-refractivity contribution in [2.75, 3.05) is 26.8 Å². The third-order valence-electron chi connectivity index (χ3n) is 5.69. The molecule has 3 rings (SSSR count). The molecular formula is C23H30FN5O4. The first-order valence-electron chi connectivity index (χ1n) is 11.0. The van der Waals surface area contributed by atoms with E-state index in [1.54, 1.807) is 30.7 Å². The number of rotatable bonds is 10. The van der Waals surface area contributed by atoms with Gasteiger partial charge in [0.15, 0.2) is 5.69 Å². The first kappa shape index (κ1) is 24.4. The van der Waals surface area contributed by atoms with E-state index >= 15 is 0 Å². The molecule has 3 amide bonds. The molecule has 0 aliphatic carbocycles. The largest absolute Gasteiger partial charge is 0.385 e. The van der Waals surface area contributed by atoms with Gasteiger partial charge in [-0.1, -0.05) is 19.1 Å². The number of benzene rings is 1. The van der Waals surface area contributed by atoms with E-state index in [1.807, 2.05) is 6.92 Å². The quantitative estimate of drug-likeness (QED) is 0.527. The Kier molecular flexibility index (Phi) is 7.80. The topological polar surface area (TPSA) is 106 Å². The molecule has 1 aliphatic rings. The molecule has 0 spiro atoms. The summed E-state index contributed by atoms with van der Waals surface area (Å²) in [5.74, 6) is -1.54. The Balaban J connectivity index is 1.80. The second kappa shape index (κ2) is 10.6. The van der Waals surface area contributed by atoms with Gasteiger partial charge in [-0.15, -0.1) is 0 Å². The predicted octanol–water partition coefficient (Wildman–Crippen LogP) is 1.73. The van der Waals surface area contributed by atoms with Crippen molar-refractivity contribution in [1.82, 2.24) is 25.1 Å². The van der Waals surface area contributed by atoms with E-state index in [0.717, 1.165) is 5.56 Å². The number of amides is 3. The third-order valence-corrected chi connectivity index (χ3v) is 5.69. The zero-order chi connectivity index (χ0) is 24.0. The van der Waals surface area contributed by atoms with Crippen LogP contribution < -0.4 is 10.6 Å². The maximum atomic E-state index is 13.4. The summed E-state index contributed by atoms with van der Waals surface area (Å²) in [7, 11) is 1.58. The van der Waals surface area contributed by atoms with E-state index in [0.29, 0.717) is 32.5 Å². The van der Waals surface area contributed by atoms with Gasteiger partial charge >= 0.3 is 0 Å². The molecule has 0 bridgehead atoms. The first-order chi connectivity index (χ1) is 15.8. The predicted molar refractivity (Wildman–Crippen MR) is 119 cm³/mol. The highest BCUT2D eigenvalue weighted by Gasteiger charge is 2.48. The minimum absolute atomic E-state index is 0.0484. The summed E-state index contributed by atoms with van der Waals surface area (Å²) in [4.78, 5) is 45.0. The fourth-order valence-corrected chi connectivity index (χ4v) is 3.90. The SMILES string of the molecule is CCCN1C(=O)c2c(C(=O)NCCCOC)ncn2CC1(C)C(=O)NCc1ccc(F)cc1. The molecule has 2 N–H and O–H groups in total. The summed E-state index contributed by atoms with van der Waals surface area (Å²) in [6.07, 6.45) is 2.70. The van der Waals surface area contributed by atoms with Gasteiger partial charge in [0.1, 0.15) is 17.1 Å². The van der Waals surface area contributed by atoms with Crippen molar-refractivity contribution in [2.45, 2.75) is 45.3 Å². The molecule has 1 aromatic heterocycles. The van der Waals surface area contributed by atoms with E-state index in [1.165, 1.54) is 23.4 Å². The maximum Gasteiger partial charge on any atom is 0.273 e. The molecule has 0 radical (unpaired) electrons. The van der Waals surface area contributed by atoms with E-state index in [9.17, 15) is 18.8 Å². The minimum atomic E-state index is -1.17. The highest BCUT2D eigenvalue weighted by Crippen LogP contribution is 2.29. The van der Waals surface area contributed by atoms with Crippen LogP contribution in [0.4, 0.5) is 4.39 Å². The second-order valence-corrected chi connectivity index (χ2v) is 8.21. The van der Waals surface area contributed by atoms with Crippen LogP contribution in [0.3, 0.4) is 0 Å². The summed E-state index contributed by atoms with van der Waals surface area (Å²) in [5, 5.41) is 5.61. The van der Waals surface area contributed by atoms with Crippen LogP contribution in [-0.4, -0.2) is 64.5 Å². The molecule has 10 heteroatoms. The molecule has 2 heterocycles. The molecule has 1 unspecified atom stereocenters. The lowest BCUT2D eigenvalue weighted by atomic mass is 9.94. The molecule has 2 aromatic rings. The van der Waals surface area contributed by atoms with Gasteiger partial charge < -0.3 is 24.8 Å². The Bertz CT molecular complexity index is 1010.